The van der Waals surface area contributed by atoms with Crippen LogP contribution in [0.4, 0.5) is 4.39 Å². The zero-order valence-corrected chi connectivity index (χ0v) is 12.2. The monoisotopic (exact) mass is 270 g/mol. The van der Waals surface area contributed by atoms with Crippen LogP contribution in [-0.2, 0) is 16.0 Å². The maximum Gasteiger partial charge on any atom is 0.305 e. The van der Waals surface area contributed by atoms with Gasteiger partial charge in [-0.15, -0.1) is 0 Å². The van der Waals surface area contributed by atoms with Gasteiger partial charge in [0.25, 0.3) is 0 Å². The van der Waals surface area contributed by atoms with Crippen molar-refractivity contribution in [2.45, 2.75) is 39.5 Å². The van der Waals surface area contributed by atoms with Crippen LogP contribution in [0.5, 0.6) is 5.75 Å². The van der Waals surface area contributed by atoms with Gasteiger partial charge in [0.1, 0.15) is 11.6 Å². The molecule has 0 fully saturated rings. The number of hydrogen-bond donors (Lipinski definition) is 0. The lowest BCUT2D eigenvalue weighted by Gasteiger charge is -2.05. The predicted molar refractivity (Wildman–Crippen MR) is 73.9 cm³/mol. The van der Waals surface area contributed by atoms with Crippen LogP contribution in [0.25, 0.3) is 0 Å². The first-order valence-corrected chi connectivity index (χ1v) is 6.56. The fourth-order valence-corrected chi connectivity index (χ4v) is 1.58. The number of esters is 1. The Bertz CT molecular complexity index is 378. The molecule has 0 heterocycles. The van der Waals surface area contributed by atoms with E-state index < -0.39 is 0 Å². The molecule has 0 saturated carbocycles. The molecule has 3 nitrogen and oxygen atoms in total. The molecule has 0 aliphatic rings. The van der Waals surface area contributed by atoms with Crippen molar-refractivity contribution < 1.29 is 18.7 Å². The second-order valence-electron chi connectivity index (χ2n) is 3.78. The average Bonchev–Trinajstić information content (AvgIpc) is 2.44. The van der Waals surface area contributed by atoms with Gasteiger partial charge >= 0.3 is 5.97 Å². The molecule has 0 radical (unpaired) electrons. The van der Waals surface area contributed by atoms with Gasteiger partial charge in [0, 0.05) is 12.5 Å². The highest BCUT2D eigenvalue weighted by Crippen LogP contribution is 2.17. The van der Waals surface area contributed by atoms with Gasteiger partial charge in [0.15, 0.2) is 0 Å². The van der Waals surface area contributed by atoms with Crippen LogP contribution in [0.2, 0.25) is 0 Å². The minimum absolute atomic E-state index is 0.207. The van der Waals surface area contributed by atoms with Crippen molar-refractivity contribution in [1.29, 1.82) is 0 Å². The lowest BCUT2D eigenvalue weighted by atomic mass is 10.1. The molecule has 19 heavy (non-hydrogen) atoms. The Morgan fingerprint density at radius 2 is 1.84 bits per heavy atom. The van der Waals surface area contributed by atoms with Gasteiger partial charge in [-0.05, 0) is 37.0 Å². The van der Waals surface area contributed by atoms with Crippen molar-refractivity contribution in [3.8, 4) is 5.75 Å². The zero-order chi connectivity index (χ0) is 14.7. The first kappa shape index (κ1) is 17.4. The third-order valence-corrected chi connectivity index (χ3v) is 2.49. The lowest BCUT2D eigenvalue weighted by molar-refractivity contribution is -0.140. The second-order valence-corrected chi connectivity index (χ2v) is 3.78. The largest absolute Gasteiger partial charge is 0.497 e. The first-order chi connectivity index (χ1) is 9.15. The van der Waals surface area contributed by atoms with Crippen LogP contribution in [0.3, 0.4) is 0 Å². The van der Waals surface area contributed by atoms with Gasteiger partial charge in [-0.1, -0.05) is 13.8 Å². The van der Waals surface area contributed by atoms with Crippen LogP contribution in [0, 0.1) is 5.82 Å². The van der Waals surface area contributed by atoms with Crippen LogP contribution in [-0.4, -0.2) is 20.2 Å². The number of carbonyl (C=O) groups is 1. The highest BCUT2D eigenvalue weighted by Gasteiger charge is 2.03. The molecule has 4 heteroatoms. The van der Waals surface area contributed by atoms with Crippen LogP contribution < -0.4 is 4.74 Å². The minimum atomic E-state index is -0.299. The number of hydrogen-bond acceptors (Lipinski definition) is 3. The third-order valence-electron chi connectivity index (χ3n) is 2.49. The van der Waals surface area contributed by atoms with Crippen LogP contribution in [0.15, 0.2) is 18.2 Å². The summed E-state index contributed by atoms with van der Waals surface area (Å²) in [5.74, 6) is 0.0158. The molecule has 0 saturated heterocycles. The van der Waals surface area contributed by atoms with Gasteiger partial charge in [-0.25, -0.2) is 4.39 Å². The van der Waals surface area contributed by atoms with E-state index >= 15 is 0 Å². The molecule has 1 aromatic carbocycles. The fraction of sp³-hybridized carbons (Fsp3) is 0.533. The van der Waals surface area contributed by atoms with Gasteiger partial charge in [-0.3, -0.25) is 4.79 Å². The van der Waals surface area contributed by atoms with Crippen LogP contribution in [0.1, 0.15) is 38.7 Å². The number of carbonyl (C=O) groups excluding carboxylic acids is 1. The number of halogens is 1. The highest BCUT2D eigenvalue weighted by atomic mass is 19.1. The number of unbranched alkanes of at least 4 members (excludes halogenated alkanes) is 1. The molecule has 1 rings (SSSR count). The Hall–Kier alpha value is -1.58. The third kappa shape index (κ3) is 7.44. The van der Waals surface area contributed by atoms with E-state index in [9.17, 15) is 9.18 Å². The molecular formula is C15H23FO3. The van der Waals surface area contributed by atoms with Crippen molar-refractivity contribution >= 4 is 5.97 Å². The molecule has 0 bridgehead atoms. The van der Waals surface area contributed by atoms with E-state index in [1.54, 1.807) is 6.07 Å². The Morgan fingerprint density at radius 3 is 2.42 bits per heavy atom. The maximum absolute atomic E-state index is 13.2. The lowest BCUT2D eigenvalue weighted by Crippen LogP contribution is -2.00. The Balaban J connectivity index is 0.00000154. The highest BCUT2D eigenvalue weighted by molar-refractivity contribution is 5.68. The van der Waals surface area contributed by atoms with Crippen molar-refractivity contribution in [2.24, 2.45) is 0 Å². The van der Waals surface area contributed by atoms with Crippen molar-refractivity contribution in [3.63, 3.8) is 0 Å². The van der Waals surface area contributed by atoms with Gasteiger partial charge in [-0.2, -0.15) is 0 Å². The molecule has 0 aliphatic carbocycles. The normalized spacial score (nSPS) is 9.32. The van der Waals surface area contributed by atoms with E-state index in [-0.39, 0.29) is 11.8 Å². The molecule has 0 spiro atoms. The number of benzene rings is 1. The Labute approximate surface area is 114 Å². The maximum atomic E-state index is 13.2. The summed E-state index contributed by atoms with van der Waals surface area (Å²) in [5.41, 5.74) is 0.881. The predicted octanol–water partition coefficient (Wildman–Crippen LogP) is 3.75. The van der Waals surface area contributed by atoms with Gasteiger partial charge in [0.2, 0.25) is 0 Å². The number of methoxy groups -OCH3 is 2. The summed E-state index contributed by atoms with van der Waals surface area (Å²) in [5, 5.41) is 0. The quantitative estimate of drug-likeness (QED) is 0.583. The molecule has 0 N–H and O–H groups in total. The summed E-state index contributed by atoms with van der Waals surface area (Å²) in [4.78, 5) is 10.9. The fourth-order valence-electron chi connectivity index (χ4n) is 1.58. The van der Waals surface area contributed by atoms with Crippen molar-refractivity contribution in [3.05, 3.63) is 29.6 Å². The summed E-state index contributed by atoms with van der Waals surface area (Å²) in [6.45, 7) is 4.00. The molecule has 108 valence electrons. The first-order valence-electron chi connectivity index (χ1n) is 6.56. The Morgan fingerprint density at radius 1 is 1.16 bits per heavy atom. The summed E-state index contributed by atoms with van der Waals surface area (Å²) in [6, 6.07) is 4.64. The van der Waals surface area contributed by atoms with E-state index in [1.165, 1.54) is 26.4 Å². The smallest absolute Gasteiger partial charge is 0.305 e. The molecule has 0 aliphatic heterocycles. The van der Waals surface area contributed by atoms with Crippen LogP contribution >= 0.6 is 0 Å². The molecule has 1 aromatic rings. The van der Waals surface area contributed by atoms with E-state index in [4.69, 9.17) is 4.74 Å². The summed E-state index contributed by atoms with van der Waals surface area (Å²) < 4.78 is 22.7. The number of ether oxygens (including phenoxy) is 2. The summed E-state index contributed by atoms with van der Waals surface area (Å²) >= 11 is 0. The van der Waals surface area contributed by atoms with Gasteiger partial charge in [0.05, 0.1) is 14.2 Å². The van der Waals surface area contributed by atoms with E-state index in [1.807, 2.05) is 13.8 Å². The molecule has 0 unspecified atom stereocenters. The second kappa shape index (κ2) is 10.4. The Kier molecular flexibility index (Phi) is 9.49. The van der Waals surface area contributed by atoms with E-state index in [0.717, 1.165) is 24.8 Å². The molecule has 0 amide bonds. The average molecular weight is 270 g/mol. The van der Waals surface area contributed by atoms with Crippen molar-refractivity contribution in [2.75, 3.05) is 14.2 Å². The summed E-state index contributed by atoms with van der Waals surface area (Å²) in [7, 11) is 2.88. The van der Waals surface area contributed by atoms with Crippen molar-refractivity contribution in [1.82, 2.24) is 0 Å². The molecule has 0 aromatic heterocycles. The van der Waals surface area contributed by atoms with Gasteiger partial charge < -0.3 is 9.47 Å². The van der Waals surface area contributed by atoms with E-state index in [0.29, 0.717) is 12.2 Å². The topological polar surface area (TPSA) is 35.5 Å². The molecular weight excluding hydrogens is 247 g/mol. The molecule has 0 atom stereocenters. The zero-order valence-electron chi connectivity index (χ0n) is 12.2. The van der Waals surface area contributed by atoms with E-state index in [2.05, 4.69) is 4.74 Å². The standard InChI is InChI=1S/C13H17FO3.C2H6/c1-16-12-8-10(7-11(14)9-12)5-3-4-6-13(15)17-2;1-2/h7-9H,3-6H2,1-2H3;1-2H3. The number of rotatable bonds is 6. The number of aryl methyl sites for hydroxylation is 1. The summed E-state index contributed by atoms with van der Waals surface area (Å²) in [6.07, 6.45) is 2.70. The SMILES string of the molecule is CC.COC(=O)CCCCc1cc(F)cc(OC)c1. The minimum Gasteiger partial charge on any atom is -0.497 e.